The van der Waals surface area contributed by atoms with Gasteiger partial charge in [-0.2, -0.15) is 5.90 Å². The summed E-state index contributed by atoms with van der Waals surface area (Å²) in [6.45, 7) is 0.554. The first kappa shape index (κ1) is 28.1. The largest absolute Gasteiger partial charge is 0.478 e. The van der Waals surface area contributed by atoms with Gasteiger partial charge in [-0.15, -0.1) is 0 Å². The van der Waals surface area contributed by atoms with Gasteiger partial charge in [0.1, 0.15) is 5.75 Å². The Bertz CT molecular complexity index is 1330. The average molecular weight is 540 g/mol. The van der Waals surface area contributed by atoms with Crippen LogP contribution >= 0.6 is 11.6 Å². The third-order valence-corrected chi connectivity index (χ3v) is 5.75. The van der Waals surface area contributed by atoms with Crippen LogP contribution in [0.1, 0.15) is 31.8 Å². The Hall–Kier alpha value is -4.45. The second kappa shape index (κ2) is 13.2. The molecule has 0 spiro atoms. The number of carboxylic acids is 1. The number of halogens is 1. The van der Waals surface area contributed by atoms with Crippen LogP contribution in [0, 0.1) is 5.41 Å². The normalized spacial score (nSPS) is 10.6. The number of esters is 1. The van der Waals surface area contributed by atoms with E-state index in [1.54, 1.807) is 41.3 Å². The average Bonchev–Trinajstić information content (AvgIpc) is 2.88. The van der Waals surface area contributed by atoms with Crippen LogP contribution in [0.4, 0.5) is 5.69 Å². The Morgan fingerprint density at radius 3 is 2.39 bits per heavy atom. The highest BCUT2D eigenvalue weighted by molar-refractivity contribution is 6.31. The number of nitrogens with zero attached hydrogens (tertiary/aromatic N) is 1. The van der Waals surface area contributed by atoms with Crippen molar-refractivity contribution < 1.29 is 29.1 Å². The molecule has 198 valence electrons. The molecule has 3 rings (SSSR count). The van der Waals surface area contributed by atoms with E-state index in [0.29, 0.717) is 34.8 Å². The summed E-state index contributed by atoms with van der Waals surface area (Å²) in [6, 6.07) is 17.5. The van der Waals surface area contributed by atoms with Gasteiger partial charge in [0, 0.05) is 23.8 Å². The van der Waals surface area contributed by atoms with Crippen molar-refractivity contribution in [1.29, 1.82) is 5.41 Å². The Labute approximate surface area is 223 Å². The van der Waals surface area contributed by atoms with Gasteiger partial charge < -0.3 is 25.7 Å². The molecule has 0 heterocycles. The van der Waals surface area contributed by atoms with Crippen molar-refractivity contribution in [1.82, 2.24) is 4.90 Å². The van der Waals surface area contributed by atoms with Crippen LogP contribution in [0.5, 0.6) is 5.75 Å². The number of nitrogens with one attached hydrogen (secondary N) is 2. The van der Waals surface area contributed by atoms with Gasteiger partial charge in [-0.3, -0.25) is 10.3 Å². The molecule has 11 nitrogen and oxygen atoms in total. The number of hydrogen-bond acceptors (Lipinski definition) is 8. The summed E-state index contributed by atoms with van der Waals surface area (Å²) in [4.78, 5) is 41.6. The lowest BCUT2D eigenvalue weighted by Crippen LogP contribution is -2.33. The topological polar surface area (TPSA) is 181 Å². The summed E-state index contributed by atoms with van der Waals surface area (Å²) in [6.07, 6.45) is 0.439. The quantitative estimate of drug-likeness (QED) is 0.0798. The number of carbonyl (C=O) groups excluding carboxylic acids is 2. The molecule has 0 aliphatic carbocycles. The minimum atomic E-state index is -1.05. The van der Waals surface area contributed by atoms with Gasteiger partial charge in [0.25, 0.3) is 0 Å². The standard InChI is InChI=1S/C26H26ClN5O6/c27-22-13-21(37-25(36)18-4-7-20(8-5-18)31-26(28)29)9-6-17(22)10-11-32(15-23(33)38-30)14-16-2-1-3-19(12-16)24(34)35/h1-9,12-13H,10-11,14-15,30H2,(H,34,35)(H4,28,29,31). The summed E-state index contributed by atoms with van der Waals surface area (Å²) in [7, 11) is 0. The highest BCUT2D eigenvalue weighted by Crippen LogP contribution is 2.24. The highest BCUT2D eigenvalue weighted by Gasteiger charge is 2.15. The monoisotopic (exact) mass is 539 g/mol. The number of aromatic carboxylic acids is 1. The zero-order chi connectivity index (χ0) is 27.7. The van der Waals surface area contributed by atoms with Gasteiger partial charge in [-0.25, -0.2) is 14.4 Å². The lowest BCUT2D eigenvalue weighted by Gasteiger charge is -2.21. The molecule has 0 bridgehead atoms. The number of guanidine groups is 1. The van der Waals surface area contributed by atoms with E-state index in [9.17, 15) is 19.5 Å². The van der Waals surface area contributed by atoms with Gasteiger partial charge in [0.15, 0.2) is 5.96 Å². The SMILES string of the molecule is N=C(N)Nc1ccc(C(=O)Oc2ccc(CCN(CC(=O)ON)Cc3cccc(C(=O)O)c3)c(Cl)c2)cc1. The first-order valence-corrected chi connectivity index (χ1v) is 11.7. The molecule has 3 aromatic carbocycles. The Kier molecular flexibility index (Phi) is 9.77. The van der Waals surface area contributed by atoms with E-state index in [-0.39, 0.29) is 30.4 Å². The van der Waals surface area contributed by atoms with Crippen molar-refractivity contribution in [2.75, 3.05) is 18.4 Å². The van der Waals surface area contributed by atoms with Crippen LogP contribution in [0.3, 0.4) is 0 Å². The van der Waals surface area contributed by atoms with E-state index in [2.05, 4.69) is 10.2 Å². The van der Waals surface area contributed by atoms with E-state index in [1.165, 1.54) is 30.3 Å². The number of hydrogen-bond donors (Lipinski definition) is 5. The molecule has 0 fully saturated rings. The Morgan fingerprint density at radius 1 is 1.03 bits per heavy atom. The predicted octanol–water partition coefficient (Wildman–Crippen LogP) is 3.02. The van der Waals surface area contributed by atoms with Crippen molar-refractivity contribution in [2.24, 2.45) is 11.6 Å². The van der Waals surface area contributed by atoms with Crippen molar-refractivity contribution >= 4 is 41.2 Å². The van der Waals surface area contributed by atoms with E-state index in [1.807, 2.05) is 0 Å². The van der Waals surface area contributed by atoms with Gasteiger partial charge in [0.2, 0.25) is 0 Å². The molecule has 38 heavy (non-hydrogen) atoms. The van der Waals surface area contributed by atoms with Crippen LogP contribution in [-0.4, -0.2) is 47.0 Å². The highest BCUT2D eigenvalue weighted by atomic mass is 35.5. The minimum Gasteiger partial charge on any atom is -0.478 e. The first-order chi connectivity index (χ1) is 18.1. The fraction of sp³-hybridized carbons (Fsp3) is 0.154. The number of benzene rings is 3. The molecule has 0 atom stereocenters. The number of anilines is 1. The molecule has 3 aromatic rings. The molecule has 0 aliphatic heterocycles. The van der Waals surface area contributed by atoms with Crippen LogP contribution in [0.15, 0.2) is 66.7 Å². The van der Waals surface area contributed by atoms with Crippen molar-refractivity contribution in [3.63, 3.8) is 0 Å². The fourth-order valence-corrected chi connectivity index (χ4v) is 3.84. The Morgan fingerprint density at radius 2 is 1.76 bits per heavy atom. The molecule has 0 radical (unpaired) electrons. The summed E-state index contributed by atoms with van der Waals surface area (Å²) in [5, 5.41) is 19.4. The zero-order valence-electron chi connectivity index (χ0n) is 20.1. The number of ether oxygens (including phenoxy) is 1. The fourth-order valence-electron chi connectivity index (χ4n) is 3.58. The second-order valence-electron chi connectivity index (χ2n) is 8.21. The molecule has 12 heteroatoms. The number of nitrogens with two attached hydrogens (primary N) is 2. The maximum Gasteiger partial charge on any atom is 0.343 e. The molecule has 0 amide bonds. The molecule has 0 aliphatic rings. The van der Waals surface area contributed by atoms with E-state index >= 15 is 0 Å². The molecule has 0 unspecified atom stereocenters. The number of rotatable bonds is 11. The third kappa shape index (κ3) is 8.30. The summed E-state index contributed by atoms with van der Waals surface area (Å²) >= 11 is 6.43. The van der Waals surface area contributed by atoms with E-state index in [4.69, 9.17) is 33.4 Å². The first-order valence-electron chi connectivity index (χ1n) is 11.3. The molecule has 0 saturated heterocycles. The summed E-state index contributed by atoms with van der Waals surface area (Å²) < 4.78 is 5.42. The lowest BCUT2D eigenvalue weighted by molar-refractivity contribution is -0.145. The second-order valence-corrected chi connectivity index (χ2v) is 8.62. The smallest absolute Gasteiger partial charge is 0.343 e. The van der Waals surface area contributed by atoms with Crippen molar-refractivity contribution in [3.05, 3.63) is 94.0 Å². The molecule has 0 saturated carbocycles. The van der Waals surface area contributed by atoms with E-state index in [0.717, 1.165) is 5.56 Å². The van der Waals surface area contributed by atoms with Crippen molar-refractivity contribution in [2.45, 2.75) is 13.0 Å². The van der Waals surface area contributed by atoms with Crippen LogP contribution < -0.4 is 21.7 Å². The predicted molar refractivity (Wildman–Crippen MR) is 141 cm³/mol. The molecule has 0 aromatic heterocycles. The van der Waals surface area contributed by atoms with Gasteiger partial charge in [-0.05, 0) is 66.1 Å². The van der Waals surface area contributed by atoms with E-state index < -0.39 is 17.9 Å². The van der Waals surface area contributed by atoms with Gasteiger partial charge >= 0.3 is 17.9 Å². The summed E-state index contributed by atoms with van der Waals surface area (Å²) in [5.41, 5.74) is 7.73. The summed E-state index contributed by atoms with van der Waals surface area (Å²) in [5.74, 6) is 2.76. The number of carbonyl (C=O) groups is 3. The number of carboxylic acid groups (broad SMARTS) is 1. The third-order valence-electron chi connectivity index (χ3n) is 5.40. The van der Waals surface area contributed by atoms with Crippen LogP contribution in [0.2, 0.25) is 5.02 Å². The molecule has 7 N–H and O–H groups in total. The Balaban J connectivity index is 1.64. The van der Waals surface area contributed by atoms with Crippen LogP contribution in [-0.2, 0) is 22.6 Å². The maximum absolute atomic E-state index is 12.5. The van der Waals surface area contributed by atoms with Gasteiger partial charge in [-0.1, -0.05) is 29.8 Å². The van der Waals surface area contributed by atoms with Crippen molar-refractivity contribution in [3.8, 4) is 5.75 Å². The van der Waals surface area contributed by atoms with Crippen LogP contribution in [0.25, 0.3) is 0 Å². The lowest BCUT2D eigenvalue weighted by atomic mass is 10.1. The molecular weight excluding hydrogens is 514 g/mol. The minimum absolute atomic E-state index is 0.109. The molecular formula is C26H26ClN5O6. The van der Waals surface area contributed by atoms with Gasteiger partial charge in [0.05, 0.1) is 17.7 Å². The maximum atomic E-state index is 12.5. The zero-order valence-corrected chi connectivity index (χ0v) is 20.9.